The summed E-state index contributed by atoms with van der Waals surface area (Å²) in [5, 5.41) is 9.76. The number of rotatable bonds is 5. The highest BCUT2D eigenvalue weighted by atomic mass is 32.2. The highest BCUT2D eigenvalue weighted by molar-refractivity contribution is 7.99. The van der Waals surface area contributed by atoms with Crippen molar-refractivity contribution in [2.75, 3.05) is 18.1 Å². The third kappa shape index (κ3) is 2.53. The van der Waals surface area contributed by atoms with E-state index in [0.717, 1.165) is 42.3 Å². The van der Waals surface area contributed by atoms with Crippen LogP contribution in [0.15, 0.2) is 18.2 Å². The first kappa shape index (κ1) is 11.8. The number of benzene rings is 1. The third-order valence-corrected chi connectivity index (χ3v) is 3.75. The van der Waals surface area contributed by atoms with Gasteiger partial charge in [-0.1, -0.05) is 19.1 Å². The Balaban J connectivity index is 2.00. The first-order valence-corrected chi connectivity index (χ1v) is 6.98. The second-order valence-corrected chi connectivity index (χ2v) is 5.32. The molecule has 1 aromatic rings. The van der Waals surface area contributed by atoms with Crippen molar-refractivity contribution in [3.63, 3.8) is 0 Å². The molecule has 1 aliphatic rings. The maximum Gasteiger partial charge on any atom is 0.122 e. The summed E-state index contributed by atoms with van der Waals surface area (Å²) in [7, 11) is 0. The molecule has 1 atom stereocenters. The fraction of sp³-hybridized carbons (Fsp3) is 0.538. The summed E-state index contributed by atoms with van der Waals surface area (Å²) >= 11 is 1.89. The summed E-state index contributed by atoms with van der Waals surface area (Å²) in [5.74, 6) is 3.13. The molecule has 0 aliphatic heterocycles. The van der Waals surface area contributed by atoms with Crippen LogP contribution in [0.3, 0.4) is 0 Å². The number of aliphatic hydroxyl groups is 1. The molecule has 0 heterocycles. The molecule has 2 nitrogen and oxygen atoms in total. The molecular weight excluding hydrogens is 220 g/mol. The molecule has 0 aromatic heterocycles. The zero-order chi connectivity index (χ0) is 11.4. The summed E-state index contributed by atoms with van der Waals surface area (Å²) in [6.45, 7) is 2.91. The largest absolute Gasteiger partial charge is 0.492 e. The van der Waals surface area contributed by atoms with Crippen LogP contribution >= 0.6 is 11.8 Å². The van der Waals surface area contributed by atoms with Crippen molar-refractivity contribution in [3.8, 4) is 5.75 Å². The molecule has 0 spiro atoms. The van der Waals surface area contributed by atoms with Gasteiger partial charge in [-0.2, -0.15) is 11.8 Å². The Morgan fingerprint density at radius 2 is 2.38 bits per heavy atom. The van der Waals surface area contributed by atoms with Crippen LogP contribution in [0.2, 0.25) is 0 Å². The second-order valence-electron chi connectivity index (χ2n) is 3.92. The maximum absolute atomic E-state index is 9.76. The first-order valence-electron chi connectivity index (χ1n) is 5.83. The summed E-state index contributed by atoms with van der Waals surface area (Å²) in [6, 6.07) is 5.98. The Morgan fingerprint density at radius 3 is 3.19 bits per heavy atom. The number of hydrogen-bond acceptors (Lipinski definition) is 3. The van der Waals surface area contributed by atoms with E-state index in [1.54, 1.807) is 0 Å². The number of aliphatic hydroxyl groups excluding tert-OH is 1. The van der Waals surface area contributed by atoms with Gasteiger partial charge in [0.1, 0.15) is 5.75 Å². The molecular formula is C13H18O2S. The van der Waals surface area contributed by atoms with Crippen LogP contribution in [-0.2, 0) is 6.42 Å². The smallest absolute Gasteiger partial charge is 0.122 e. The quantitative estimate of drug-likeness (QED) is 0.800. The SMILES string of the molecule is CCSCCOc1cccc2c1CCC2O. The average Bonchev–Trinajstić information content (AvgIpc) is 2.68. The minimum atomic E-state index is -0.288. The Hall–Kier alpha value is -0.670. The number of fused-ring (bicyclic) bond motifs is 1. The fourth-order valence-corrected chi connectivity index (χ4v) is 2.58. The van der Waals surface area contributed by atoms with Gasteiger partial charge < -0.3 is 9.84 Å². The van der Waals surface area contributed by atoms with Crippen molar-refractivity contribution < 1.29 is 9.84 Å². The molecule has 1 aliphatic carbocycles. The molecule has 16 heavy (non-hydrogen) atoms. The number of hydrogen-bond donors (Lipinski definition) is 1. The van der Waals surface area contributed by atoms with Crippen molar-refractivity contribution in [1.29, 1.82) is 0 Å². The second kappa shape index (κ2) is 5.60. The molecule has 3 heteroatoms. The van der Waals surface area contributed by atoms with Crippen molar-refractivity contribution in [1.82, 2.24) is 0 Å². The van der Waals surface area contributed by atoms with Crippen LogP contribution in [0.4, 0.5) is 0 Å². The van der Waals surface area contributed by atoms with Gasteiger partial charge in [0.2, 0.25) is 0 Å². The monoisotopic (exact) mass is 238 g/mol. The van der Waals surface area contributed by atoms with Crippen molar-refractivity contribution in [2.24, 2.45) is 0 Å². The number of ether oxygens (including phenoxy) is 1. The zero-order valence-corrected chi connectivity index (χ0v) is 10.4. The Kier molecular flexibility index (Phi) is 4.13. The molecule has 1 unspecified atom stereocenters. The van der Waals surface area contributed by atoms with Gasteiger partial charge in [-0.25, -0.2) is 0 Å². The van der Waals surface area contributed by atoms with Crippen molar-refractivity contribution in [2.45, 2.75) is 25.9 Å². The summed E-state index contributed by atoms with van der Waals surface area (Å²) in [4.78, 5) is 0. The highest BCUT2D eigenvalue weighted by Crippen LogP contribution is 2.36. The molecule has 0 amide bonds. The minimum Gasteiger partial charge on any atom is -0.492 e. The van der Waals surface area contributed by atoms with Crippen LogP contribution in [0, 0.1) is 0 Å². The van der Waals surface area contributed by atoms with Gasteiger partial charge in [-0.15, -0.1) is 0 Å². The summed E-state index contributed by atoms with van der Waals surface area (Å²) in [5.41, 5.74) is 2.26. The molecule has 0 saturated carbocycles. The Morgan fingerprint density at radius 1 is 1.50 bits per heavy atom. The van der Waals surface area contributed by atoms with Gasteiger partial charge in [-0.05, 0) is 30.2 Å². The maximum atomic E-state index is 9.76. The van der Waals surface area contributed by atoms with E-state index in [0.29, 0.717) is 0 Å². The lowest BCUT2D eigenvalue weighted by molar-refractivity contribution is 0.180. The van der Waals surface area contributed by atoms with Gasteiger partial charge >= 0.3 is 0 Å². The fourth-order valence-electron chi connectivity index (χ4n) is 2.09. The van der Waals surface area contributed by atoms with Crippen LogP contribution in [0.1, 0.15) is 30.6 Å². The third-order valence-electron chi connectivity index (χ3n) is 2.89. The van der Waals surface area contributed by atoms with Crippen LogP contribution in [0.25, 0.3) is 0 Å². The van der Waals surface area contributed by atoms with E-state index in [1.165, 1.54) is 5.56 Å². The predicted octanol–water partition coefficient (Wildman–Crippen LogP) is 2.80. The first-order chi connectivity index (χ1) is 7.83. The average molecular weight is 238 g/mol. The van der Waals surface area contributed by atoms with Gasteiger partial charge in [0.25, 0.3) is 0 Å². The van der Waals surface area contributed by atoms with E-state index >= 15 is 0 Å². The molecule has 0 saturated heterocycles. The van der Waals surface area contributed by atoms with E-state index in [-0.39, 0.29) is 6.10 Å². The van der Waals surface area contributed by atoms with Crippen LogP contribution in [-0.4, -0.2) is 23.2 Å². The lowest BCUT2D eigenvalue weighted by Crippen LogP contribution is -2.02. The zero-order valence-electron chi connectivity index (χ0n) is 9.61. The minimum absolute atomic E-state index is 0.288. The molecule has 0 bridgehead atoms. The van der Waals surface area contributed by atoms with Crippen LogP contribution < -0.4 is 4.74 Å². The Bertz CT molecular complexity index is 352. The molecule has 1 N–H and O–H groups in total. The lowest BCUT2D eigenvalue weighted by Gasteiger charge is -2.10. The van der Waals surface area contributed by atoms with E-state index in [2.05, 4.69) is 6.92 Å². The standard InChI is InChI=1S/C13H18O2S/c1-2-16-9-8-15-13-5-3-4-10-11(13)6-7-12(10)14/h3-5,12,14H,2,6-9H2,1H3. The van der Waals surface area contributed by atoms with Gasteiger partial charge in [-0.3, -0.25) is 0 Å². The normalized spacial score (nSPS) is 18.5. The highest BCUT2D eigenvalue weighted by Gasteiger charge is 2.22. The van der Waals surface area contributed by atoms with Crippen molar-refractivity contribution >= 4 is 11.8 Å². The molecule has 0 radical (unpaired) electrons. The van der Waals surface area contributed by atoms with Crippen molar-refractivity contribution in [3.05, 3.63) is 29.3 Å². The molecule has 2 rings (SSSR count). The van der Waals surface area contributed by atoms with E-state index in [1.807, 2.05) is 30.0 Å². The van der Waals surface area contributed by atoms with Gasteiger partial charge in [0, 0.05) is 11.3 Å². The van der Waals surface area contributed by atoms with Gasteiger partial charge in [0.05, 0.1) is 12.7 Å². The number of thioether (sulfide) groups is 1. The topological polar surface area (TPSA) is 29.5 Å². The summed E-state index contributed by atoms with van der Waals surface area (Å²) in [6.07, 6.45) is 1.48. The van der Waals surface area contributed by atoms with E-state index < -0.39 is 0 Å². The summed E-state index contributed by atoms with van der Waals surface area (Å²) < 4.78 is 5.77. The van der Waals surface area contributed by atoms with Gasteiger partial charge in [0.15, 0.2) is 0 Å². The molecule has 0 fully saturated rings. The molecule has 1 aromatic carbocycles. The van der Waals surface area contributed by atoms with E-state index in [9.17, 15) is 5.11 Å². The van der Waals surface area contributed by atoms with E-state index in [4.69, 9.17) is 4.74 Å². The predicted molar refractivity (Wildman–Crippen MR) is 68.2 cm³/mol. The Labute approximate surface area is 101 Å². The lowest BCUT2D eigenvalue weighted by atomic mass is 10.1. The van der Waals surface area contributed by atoms with Crippen LogP contribution in [0.5, 0.6) is 5.75 Å². The molecule has 88 valence electrons.